The largest absolute Gasteiger partial charge is 0.396 e. The first-order valence-electron chi connectivity index (χ1n) is 10.2. The van der Waals surface area contributed by atoms with Crippen molar-refractivity contribution in [1.82, 2.24) is 0 Å². The smallest absolute Gasteiger partial charge is 0.255 e. The third kappa shape index (κ3) is 4.13. The topological polar surface area (TPSA) is 83.5 Å². The molecule has 2 fully saturated rings. The average molecular weight is 488 g/mol. The molecule has 3 unspecified atom stereocenters. The van der Waals surface area contributed by atoms with Gasteiger partial charge in [0.25, 0.3) is 5.91 Å². The Hall–Kier alpha value is -2.10. The van der Waals surface area contributed by atoms with Crippen LogP contribution >= 0.6 is 11.6 Å². The number of fused-ring (bicyclic) bond motifs is 2. The molecule has 0 aromatic heterocycles. The van der Waals surface area contributed by atoms with E-state index in [1.807, 2.05) is 0 Å². The Balaban J connectivity index is 1.59. The number of carbonyl (C=O) groups excluding carboxylic acids is 1. The fourth-order valence-corrected chi connectivity index (χ4v) is 7.45. The molecule has 2 aromatic carbocycles. The summed E-state index contributed by atoms with van der Waals surface area (Å²) in [6.45, 7) is 0.0447. The summed E-state index contributed by atoms with van der Waals surface area (Å²) in [6.07, 6.45) is 2.60. The van der Waals surface area contributed by atoms with E-state index in [1.165, 1.54) is 12.1 Å². The van der Waals surface area contributed by atoms with Gasteiger partial charge in [-0.3, -0.25) is 4.79 Å². The number of hydrogen-bond donors (Lipinski definition) is 2. The predicted molar refractivity (Wildman–Crippen MR) is 113 cm³/mol. The number of benzene rings is 2. The van der Waals surface area contributed by atoms with Gasteiger partial charge in [-0.1, -0.05) is 11.6 Å². The maximum Gasteiger partial charge on any atom is 0.255 e. The lowest BCUT2D eigenvalue weighted by Crippen LogP contribution is -2.36. The van der Waals surface area contributed by atoms with Crippen LogP contribution in [0.3, 0.4) is 0 Å². The summed E-state index contributed by atoms with van der Waals surface area (Å²) in [5, 5.41) is 11.1. The zero-order valence-corrected chi connectivity index (χ0v) is 18.4. The standard InChI is InChI=1S/C22H21ClF3NO4S/c23-17-4-3-13(22(29)27-14-8-18(24)21(26)19(25)9-14)7-20(17)32(30,31)15-5-11-1-2-12(6-15)16(11)10-28/h3-4,7-9,11-12,15-16,28H,1-2,5-6,10H2,(H,27,29)/t11-,12?,15?,16?/m0/s1. The van der Waals surface area contributed by atoms with Crippen molar-refractivity contribution in [3.05, 3.63) is 58.4 Å². The van der Waals surface area contributed by atoms with Crippen LogP contribution in [-0.2, 0) is 9.84 Å². The van der Waals surface area contributed by atoms with Crippen molar-refractivity contribution < 1.29 is 31.5 Å². The molecule has 2 saturated carbocycles. The number of rotatable bonds is 5. The fraction of sp³-hybridized carbons (Fsp3) is 0.409. The molecular formula is C22H21ClF3NO4S. The number of sulfone groups is 1. The Kier molecular flexibility index (Phi) is 6.26. The Morgan fingerprint density at radius 1 is 1.06 bits per heavy atom. The molecule has 2 aliphatic rings. The molecular weight excluding hydrogens is 467 g/mol. The second-order valence-electron chi connectivity index (χ2n) is 8.44. The van der Waals surface area contributed by atoms with Crippen LogP contribution in [0.5, 0.6) is 0 Å². The third-order valence-electron chi connectivity index (χ3n) is 6.64. The van der Waals surface area contributed by atoms with Crippen LogP contribution in [0, 0.1) is 35.2 Å². The zero-order valence-electron chi connectivity index (χ0n) is 16.8. The van der Waals surface area contributed by atoms with Crippen LogP contribution < -0.4 is 5.32 Å². The van der Waals surface area contributed by atoms with Crippen LogP contribution in [0.4, 0.5) is 18.9 Å². The maximum absolute atomic E-state index is 13.4. The lowest BCUT2D eigenvalue weighted by atomic mass is 9.79. The molecule has 0 spiro atoms. The highest BCUT2D eigenvalue weighted by Crippen LogP contribution is 2.49. The van der Waals surface area contributed by atoms with Gasteiger partial charge in [-0.05, 0) is 61.6 Å². The summed E-state index contributed by atoms with van der Waals surface area (Å²) in [5.41, 5.74) is -0.394. The number of nitrogens with one attached hydrogen (secondary N) is 1. The number of anilines is 1. The van der Waals surface area contributed by atoms with Gasteiger partial charge < -0.3 is 10.4 Å². The lowest BCUT2D eigenvalue weighted by Gasteiger charge is -2.34. The van der Waals surface area contributed by atoms with Crippen LogP contribution in [0.15, 0.2) is 35.2 Å². The fourth-order valence-electron chi connectivity index (χ4n) is 5.02. The van der Waals surface area contributed by atoms with Crippen LogP contribution in [0.2, 0.25) is 5.02 Å². The van der Waals surface area contributed by atoms with Crippen molar-refractivity contribution >= 4 is 33.0 Å². The first-order valence-corrected chi connectivity index (χ1v) is 12.1. The monoisotopic (exact) mass is 487 g/mol. The normalized spacial score (nSPS) is 25.0. The Bertz CT molecular complexity index is 1140. The molecule has 172 valence electrons. The van der Waals surface area contributed by atoms with Crippen molar-refractivity contribution in [1.29, 1.82) is 0 Å². The van der Waals surface area contributed by atoms with Crippen molar-refractivity contribution in [3.63, 3.8) is 0 Å². The predicted octanol–water partition coefficient (Wildman–Crippen LogP) is 4.58. The molecule has 0 aliphatic heterocycles. The molecule has 32 heavy (non-hydrogen) atoms. The van der Waals surface area contributed by atoms with Gasteiger partial charge in [0.05, 0.1) is 15.2 Å². The molecule has 4 atom stereocenters. The highest BCUT2D eigenvalue weighted by molar-refractivity contribution is 7.92. The van der Waals surface area contributed by atoms with E-state index >= 15 is 0 Å². The van der Waals surface area contributed by atoms with E-state index in [9.17, 15) is 31.5 Å². The van der Waals surface area contributed by atoms with Gasteiger partial charge in [-0.25, -0.2) is 21.6 Å². The van der Waals surface area contributed by atoms with Crippen LogP contribution in [0.1, 0.15) is 36.0 Å². The van der Waals surface area contributed by atoms with Crippen LogP contribution in [-0.4, -0.2) is 31.3 Å². The SMILES string of the molecule is O=C(Nc1cc(F)c(F)c(F)c1)c1ccc(Cl)c(S(=O)(=O)C2CC3CC[C@@H](C2)C3CO)c1. The number of halogens is 4. The molecule has 2 aliphatic carbocycles. The molecule has 10 heteroatoms. The van der Waals surface area contributed by atoms with E-state index in [4.69, 9.17) is 11.6 Å². The molecule has 0 saturated heterocycles. The van der Waals surface area contributed by atoms with Gasteiger partial charge in [0.15, 0.2) is 27.3 Å². The molecule has 0 radical (unpaired) electrons. The number of amides is 1. The number of aliphatic hydroxyl groups excluding tert-OH is 1. The van der Waals surface area contributed by atoms with Gasteiger partial charge in [0, 0.05) is 30.0 Å². The minimum absolute atomic E-state index is 0.0305. The van der Waals surface area contributed by atoms with E-state index in [1.54, 1.807) is 0 Å². The second kappa shape index (κ2) is 8.68. The highest BCUT2D eigenvalue weighted by atomic mass is 35.5. The minimum Gasteiger partial charge on any atom is -0.396 e. The number of hydrogen-bond acceptors (Lipinski definition) is 4. The van der Waals surface area contributed by atoms with Crippen molar-refractivity contribution in [2.45, 2.75) is 35.8 Å². The quantitative estimate of drug-likeness (QED) is 0.605. The van der Waals surface area contributed by atoms with E-state index < -0.39 is 38.4 Å². The Morgan fingerprint density at radius 3 is 2.22 bits per heavy atom. The first-order chi connectivity index (χ1) is 15.1. The van der Waals surface area contributed by atoms with E-state index in [2.05, 4.69) is 5.32 Å². The maximum atomic E-state index is 13.4. The summed E-state index contributed by atoms with van der Waals surface area (Å²) in [5.74, 6) is -5.04. The van der Waals surface area contributed by atoms with E-state index in [0.29, 0.717) is 25.0 Å². The summed E-state index contributed by atoms with van der Waals surface area (Å²) >= 11 is 6.18. The van der Waals surface area contributed by atoms with Crippen molar-refractivity contribution in [2.75, 3.05) is 11.9 Å². The van der Waals surface area contributed by atoms with Crippen molar-refractivity contribution in [2.24, 2.45) is 17.8 Å². The second-order valence-corrected chi connectivity index (χ2v) is 11.0. The molecule has 2 bridgehead atoms. The van der Waals surface area contributed by atoms with Gasteiger partial charge in [-0.2, -0.15) is 0 Å². The number of aliphatic hydroxyl groups is 1. The van der Waals surface area contributed by atoms with Gasteiger partial charge in [0.1, 0.15) is 0 Å². The number of carbonyl (C=O) groups is 1. The average Bonchev–Trinajstić information content (AvgIpc) is 2.99. The lowest BCUT2D eigenvalue weighted by molar-refractivity contribution is 0.102. The molecule has 1 amide bonds. The Morgan fingerprint density at radius 2 is 1.66 bits per heavy atom. The zero-order chi connectivity index (χ0) is 23.2. The minimum atomic E-state index is -3.86. The molecule has 0 heterocycles. The third-order valence-corrected chi connectivity index (χ3v) is 9.30. The van der Waals surface area contributed by atoms with Gasteiger partial charge in [0.2, 0.25) is 0 Å². The summed E-state index contributed by atoms with van der Waals surface area (Å²) in [4.78, 5) is 12.4. The molecule has 5 nitrogen and oxygen atoms in total. The molecule has 4 rings (SSSR count). The van der Waals surface area contributed by atoms with E-state index in [0.717, 1.165) is 18.9 Å². The van der Waals surface area contributed by atoms with Gasteiger partial charge in [-0.15, -0.1) is 0 Å². The van der Waals surface area contributed by atoms with E-state index in [-0.39, 0.29) is 45.5 Å². The Labute approximate surface area is 188 Å². The molecule has 2 aromatic rings. The summed E-state index contributed by atoms with van der Waals surface area (Å²) < 4.78 is 66.7. The summed E-state index contributed by atoms with van der Waals surface area (Å²) in [6, 6.07) is 4.96. The molecule has 2 N–H and O–H groups in total. The first kappa shape index (κ1) is 23.1. The van der Waals surface area contributed by atoms with Crippen LogP contribution in [0.25, 0.3) is 0 Å². The van der Waals surface area contributed by atoms with Crippen molar-refractivity contribution in [3.8, 4) is 0 Å². The summed E-state index contributed by atoms with van der Waals surface area (Å²) in [7, 11) is -3.86. The highest BCUT2D eigenvalue weighted by Gasteiger charge is 2.46. The van der Waals surface area contributed by atoms with Gasteiger partial charge >= 0.3 is 0 Å².